The highest BCUT2D eigenvalue weighted by Crippen LogP contribution is 2.01. The van der Waals surface area contributed by atoms with Crippen molar-refractivity contribution < 1.29 is 9.90 Å². The molecule has 0 fully saturated rings. The molecule has 0 radical (unpaired) electrons. The van der Waals surface area contributed by atoms with Gasteiger partial charge in [-0.2, -0.15) is 0 Å². The maximum Gasteiger partial charge on any atom is 0.156 e. The average Bonchev–Trinajstić information content (AvgIpc) is 2.21. The fourth-order valence-corrected chi connectivity index (χ4v) is 0.929. The molecule has 1 N–H and O–H groups in total. The second-order valence-electron chi connectivity index (χ2n) is 3.69. The van der Waals surface area contributed by atoms with E-state index in [2.05, 4.69) is 19.9 Å². The maximum absolute atomic E-state index is 10.6. The zero-order valence-electron chi connectivity index (χ0n) is 10.2. The molecule has 0 bridgehead atoms. The second kappa shape index (κ2) is 8.72. The molecule has 88 valence electrons. The number of ketones is 1. The normalized spacial score (nSPS) is 15.3. The summed E-state index contributed by atoms with van der Waals surface area (Å²) in [4.78, 5) is 10.6. The van der Waals surface area contributed by atoms with E-state index in [-0.39, 0.29) is 11.5 Å². The second-order valence-corrected chi connectivity index (χ2v) is 3.69. The van der Waals surface area contributed by atoms with Gasteiger partial charge in [0.25, 0.3) is 0 Å². The van der Waals surface area contributed by atoms with Gasteiger partial charge in [-0.25, -0.2) is 0 Å². The fourth-order valence-electron chi connectivity index (χ4n) is 0.929. The van der Waals surface area contributed by atoms with Crippen LogP contribution in [0.15, 0.2) is 48.3 Å². The summed E-state index contributed by atoms with van der Waals surface area (Å²) in [6.07, 6.45) is 13.3. The van der Waals surface area contributed by atoms with Gasteiger partial charge in [0.15, 0.2) is 5.78 Å². The van der Waals surface area contributed by atoms with Crippen molar-refractivity contribution in [3.05, 3.63) is 48.3 Å². The molecule has 0 aromatic carbocycles. The zero-order chi connectivity index (χ0) is 12.4. The summed E-state index contributed by atoms with van der Waals surface area (Å²) in [6, 6.07) is 0. The van der Waals surface area contributed by atoms with Gasteiger partial charge in [-0.1, -0.05) is 50.6 Å². The van der Waals surface area contributed by atoms with Crippen LogP contribution in [0.4, 0.5) is 0 Å². The highest BCUT2D eigenvalue weighted by Gasteiger charge is 1.88. The van der Waals surface area contributed by atoms with E-state index in [0.717, 1.165) is 6.42 Å². The SMILES string of the molecule is CCC(C)C=CC=CC=CC(O)=CC(C)=O. The van der Waals surface area contributed by atoms with Crippen LogP contribution in [0.1, 0.15) is 27.2 Å². The first-order chi connectivity index (χ1) is 7.56. The third-order valence-electron chi connectivity index (χ3n) is 2.04. The number of aliphatic hydroxyl groups is 1. The Morgan fingerprint density at radius 1 is 1.25 bits per heavy atom. The highest BCUT2D eigenvalue weighted by atomic mass is 16.3. The number of rotatable bonds is 6. The maximum atomic E-state index is 10.6. The van der Waals surface area contributed by atoms with Gasteiger partial charge in [-0.15, -0.1) is 0 Å². The molecule has 1 atom stereocenters. The van der Waals surface area contributed by atoms with E-state index in [1.165, 1.54) is 19.1 Å². The Morgan fingerprint density at radius 2 is 1.88 bits per heavy atom. The molecular formula is C14H20O2. The minimum Gasteiger partial charge on any atom is -0.508 e. The summed E-state index contributed by atoms with van der Waals surface area (Å²) in [5, 5.41) is 9.20. The monoisotopic (exact) mass is 220 g/mol. The lowest BCUT2D eigenvalue weighted by molar-refractivity contribution is -0.112. The van der Waals surface area contributed by atoms with E-state index in [9.17, 15) is 9.90 Å². The third-order valence-corrected chi connectivity index (χ3v) is 2.04. The van der Waals surface area contributed by atoms with E-state index in [1.54, 1.807) is 6.08 Å². The van der Waals surface area contributed by atoms with Crippen molar-refractivity contribution in [3.63, 3.8) is 0 Å². The molecule has 2 nitrogen and oxygen atoms in total. The molecule has 0 aromatic rings. The van der Waals surface area contributed by atoms with Crippen LogP contribution in [0.3, 0.4) is 0 Å². The molecule has 0 aliphatic rings. The van der Waals surface area contributed by atoms with Gasteiger partial charge in [0.05, 0.1) is 0 Å². The van der Waals surface area contributed by atoms with E-state index >= 15 is 0 Å². The van der Waals surface area contributed by atoms with Crippen LogP contribution in [0.5, 0.6) is 0 Å². The van der Waals surface area contributed by atoms with Gasteiger partial charge in [-0.3, -0.25) is 4.79 Å². The summed E-state index contributed by atoms with van der Waals surface area (Å²) in [6.45, 7) is 5.69. The molecule has 0 rings (SSSR count). The van der Waals surface area contributed by atoms with Crippen molar-refractivity contribution in [2.24, 2.45) is 5.92 Å². The smallest absolute Gasteiger partial charge is 0.156 e. The summed E-state index contributed by atoms with van der Waals surface area (Å²) < 4.78 is 0. The summed E-state index contributed by atoms with van der Waals surface area (Å²) in [7, 11) is 0. The minimum absolute atomic E-state index is 0.0249. The van der Waals surface area contributed by atoms with Crippen LogP contribution >= 0.6 is 0 Å². The number of carbonyl (C=O) groups is 1. The van der Waals surface area contributed by atoms with Crippen LogP contribution in [0.2, 0.25) is 0 Å². The number of hydrogen-bond donors (Lipinski definition) is 1. The van der Waals surface area contributed by atoms with Gasteiger partial charge >= 0.3 is 0 Å². The third kappa shape index (κ3) is 9.00. The molecular weight excluding hydrogens is 200 g/mol. The summed E-state index contributed by atoms with van der Waals surface area (Å²) >= 11 is 0. The lowest BCUT2D eigenvalue weighted by atomic mass is 10.1. The quantitative estimate of drug-likeness (QED) is 0.420. The molecule has 0 saturated heterocycles. The topological polar surface area (TPSA) is 37.3 Å². The Labute approximate surface area is 97.7 Å². The Morgan fingerprint density at radius 3 is 2.44 bits per heavy atom. The largest absolute Gasteiger partial charge is 0.508 e. The van der Waals surface area contributed by atoms with E-state index in [4.69, 9.17) is 0 Å². The number of aliphatic hydroxyl groups excluding tert-OH is 1. The zero-order valence-corrected chi connectivity index (χ0v) is 10.2. The van der Waals surface area contributed by atoms with E-state index in [0.29, 0.717) is 5.92 Å². The molecule has 16 heavy (non-hydrogen) atoms. The van der Waals surface area contributed by atoms with Gasteiger partial charge in [0, 0.05) is 6.08 Å². The molecule has 0 spiro atoms. The first kappa shape index (κ1) is 14.4. The molecule has 2 heteroatoms. The average molecular weight is 220 g/mol. The van der Waals surface area contributed by atoms with Crippen LogP contribution in [-0.2, 0) is 4.79 Å². The number of allylic oxidation sites excluding steroid dienone is 7. The molecule has 0 saturated carbocycles. The van der Waals surface area contributed by atoms with Crippen LogP contribution in [-0.4, -0.2) is 10.9 Å². The molecule has 0 amide bonds. The van der Waals surface area contributed by atoms with Gasteiger partial charge in [-0.05, 0) is 18.9 Å². The molecule has 1 unspecified atom stereocenters. The van der Waals surface area contributed by atoms with Crippen LogP contribution < -0.4 is 0 Å². The van der Waals surface area contributed by atoms with Crippen molar-refractivity contribution in [2.45, 2.75) is 27.2 Å². The Bertz CT molecular complexity index is 320. The van der Waals surface area contributed by atoms with Crippen molar-refractivity contribution in [2.75, 3.05) is 0 Å². The van der Waals surface area contributed by atoms with Crippen molar-refractivity contribution in [1.29, 1.82) is 0 Å². The Balaban J connectivity index is 4.05. The minimum atomic E-state index is -0.164. The Kier molecular flexibility index (Phi) is 7.86. The van der Waals surface area contributed by atoms with Crippen LogP contribution in [0.25, 0.3) is 0 Å². The van der Waals surface area contributed by atoms with E-state index < -0.39 is 0 Å². The number of carbonyl (C=O) groups excluding carboxylic acids is 1. The first-order valence-corrected chi connectivity index (χ1v) is 5.49. The summed E-state index contributed by atoms with van der Waals surface area (Å²) in [5.41, 5.74) is 0. The molecule has 0 aliphatic heterocycles. The lowest BCUT2D eigenvalue weighted by Gasteiger charge is -1.96. The molecule has 0 aliphatic carbocycles. The lowest BCUT2D eigenvalue weighted by Crippen LogP contribution is -1.84. The van der Waals surface area contributed by atoms with Crippen molar-refractivity contribution in [3.8, 4) is 0 Å². The predicted octanol–water partition coefficient (Wildman–Crippen LogP) is 3.73. The van der Waals surface area contributed by atoms with Crippen LogP contribution in [0, 0.1) is 5.92 Å². The highest BCUT2D eigenvalue weighted by molar-refractivity contribution is 5.87. The Hall–Kier alpha value is -1.57. The van der Waals surface area contributed by atoms with E-state index in [1.807, 2.05) is 18.2 Å². The predicted molar refractivity (Wildman–Crippen MR) is 68.3 cm³/mol. The fraction of sp³-hybridized carbons (Fsp3) is 0.357. The first-order valence-electron chi connectivity index (χ1n) is 5.49. The van der Waals surface area contributed by atoms with Crippen molar-refractivity contribution in [1.82, 2.24) is 0 Å². The summed E-state index contributed by atoms with van der Waals surface area (Å²) in [5.74, 6) is 0.394. The van der Waals surface area contributed by atoms with Gasteiger partial charge in [0.2, 0.25) is 0 Å². The number of hydrogen-bond acceptors (Lipinski definition) is 2. The van der Waals surface area contributed by atoms with Crippen molar-refractivity contribution >= 4 is 5.78 Å². The molecule has 0 heterocycles. The molecule has 0 aromatic heterocycles. The van der Waals surface area contributed by atoms with Gasteiger partial charge in [0.1, 0.15) is 5.76 Å². The van der Waals surface area contributed by atoms with Gasteiger partial charge < -0.3 is 5.11 Å². The standard InChI is InChI=1S/C14H20O2/c1-4-12(2)9-7-5-6-8-10-14(16)11-13(3)15/h5-12,16H,4H2,1-3H3.